The van der Waals surface area contributed by atoms with Gasteiger partial charge in [0, 0.05) is 29.8 Å². The third-order valence-electron chi connectivity index (χ3n) is 4.74. The fraction of sp³-hybridized carbons (Fsp3) is 0.350. The lowest BCUT2D eigenvalue weighted by atomic mass is 10.2. The van der Waals surface area contributed by atoms with Crippen LogP contribution in [0.25, 0.3) is 0 Å². The number of hydrogen-bond donors (Lipinski definition) is 3. The maximum Gasteiger partial charge on any atom is 0.218 e. The number of pyridine rings is 1. The standard InChI is InChI=1S/C20H23N7O2S/c1-12-26-27-20(30-12)10-23-18-8-19(25-17(24-18)5-6-21)29-11-13-7-15(13)16-4-3-14(28-2)9-22-16/h3-6,8-9,13,15,21,23-24H,7,10-11H2,1-2H3/b17-5+,21-6?/t13?,15-/m0/s1. The molecule has 3 heterocycles. The molecule has 156 valence electrons. The summed E-state index contributed by atoms with van der Waals surface area (Å²) in [5.41, 5.74) is 1.06. The first kappa shape index (κ1) is 20.0. The average molecular weight is 426 g/mol. The number of aromatic nitrogens is 3. The van der Waals surface area contributed by atoms with Crippen LogP contribution in [0.4, 0.5) is 0 Å². The molecule has 2 aliphatic rings. The number of aliphatic imine (C=N–C) groups is 1. The van der Waals surface area contributed by atoms with Gasteiger partial charge in [-0.1, -0.05) is 11.3 Å². The summed E-state index contributed by atoms with van der Waals surface area (Å²) in [5, 5.41) is 23.7. The molecule has 0 bridgehead atoms. The van der Waals surface area contributed by atoms with Crippen molar-refractivity contribution < 1.29 is 9.47 Å². The molecule has 0 saturated heterocycles. The van der Waals surface area contributed by atoms with Crippen LogP contribution >= 0.6 is 11.3 Å². The smallest absolute Gasteiger partial charge is 0.218 e. The molecule has 0 spiro atoms. The monoisotopic (exact) mass is 425 g/mol. The van der Waals surface area contributed by atoms with Crippen LogP contribution in [0.15, 0.2) is 47.1 Å². The van der Waals surface area contributed by atoms with E-state index in [1.165, 1.54) is 6.21 Å². The van der Waals surface area contributed by atoms with Crippen molar-refractivity contribution >= 4 is 23.4 Å². The summed E-state index contributed by atoms with van der Waals surface area (Å²) >= 11 is 1.55. The van der Waals surface area contributed by atoms with Crippen LogP contribution in [-0.4, -0.2) is 41.0 Å². The zero-order chi connectivity index (χ0) is 20.9. The lowest BCUT2D eigenvalue weighted by molar-refractivity contribution is 0.284. The summed E-state index contributed by atoms with van der Waals surface area (Å²) in [5.74, 6) is 3.36. The van der Waals surface area contributed by atoms with Crippen LogP contribution in [0.3, 0.4) is 0 Å². The van der Waals surface area contributed by atoms with Gasteiger partial charge in [-0.05, 0) is 31.6 Å². The van der Waals surface area contributed by atoms with Crippen molar-refractivity contribution in [3.8, 4) is 5.75 Å². The van der Waals surface area contributed by atoms with Crippen LogP contribution in [0.1, 0.15) is 28.0 Å². The first-order valence-corrected chi connectivity index (χ1v) is 10.4. The van der Waals surface area contributed by atoms with E-state index in [0.29, 0.717) is 36.7 Å². The van der Waals surface area contributed by atoms with E-state index < -0.39 is 0 Å². The van der Waals surface area contributed by atoms with E-state index in [0.717, 1.165) is 33.7 Å². The van der Waals surface area contributed by atoms with Crippen molar-refractivity contribution in [2.75, 3.05) is 13.7 Å². The molecule has 30 heavy (non-hydrogen) atoms. The predicted octanol–water partition coefficient (Wildman–Crippen LogP) is 2.49. The predicted molar refractivity (Wildman–Crippen MR) is 115 cm³/mol. The van der Waals surface area contributed by atoms with Gasteiger partial charge < -0.3 is 25.5 Å². The summed E-state index contributed by atoms with van der Waals surface area (Å²) < 4.78 is 11.1. The molecule has 9 nitrogen and oxygen atoms in total. The molecule has 2 atom stereocenters. The Morgan fingerprint density at radius 1 is 1.37 bits per heavy atom. The Labute approximate surface area is 178 Å². The molecule has 1 saturated carbocycles. The first-order valence-electron chi connectivity index (χ1n) is 9.58. The number of nitrogens with one attached hydrogen (secondary N) is 3. The zero-order valence-electron chi connectivity index (χ0n) is 16.8. The summed E-state index contributed by atoms with van der Waals surface area (Å²) in [6.45, 7) is 3.03. The Balaban J connectivity index is 1.34. The van der Waals surface area contributed by atoms with E-state index in [-0.39, 0.29) is 0 Å². The SMILES string of the molecule is COc1ccc([C@H]2CC2COC2=N/C(=C/C=N)NC(NCc3nnc(C)s3)=C2)nc1. The highest BCUT2D eigenvalue weighted by molar-refractivity contribution is 7.11. The van der Waals surface area contributed by atoms with Crippen molar-refractivity contribution in [2.45, 2.75) is 25.8 Å². The average Bonchev–Trinajstić information content (AvgIpc) is 3.42. The Kier molecular flexibility index (Phi) is 6.03. The lowest BCUT2D eigenvalue weighted by Gasteiger charge is -2.18. The van der Waals surface area contributed by atoms with Gasteiger partial charge in [-0.3, -0.25) is 4.98 Å². The van der Waals surface area contributed by atoms with E-state index >= 15 is 0 Å². The van der Waals surface area contributed by atoms with E-state index in [9.17, 15) is 0 Å². The summed E-state index contributed by atoms with van der Waals surface area (Å²) in [4.78, 5) is 8.89. The van der Waals surface area contributed by atoms with Gasteiger partial charge >= 0.3 is 0 Å². The van der Waals surface area contributed by atoms with Gasteiger partial charge in [-0.2, -0.15) is 4.99 Å². The van der Waals surface area contributed by atoms with Gasteiger partial charge in [0.15, 0.2) is 0 Å². The minimum absolute atomic E-state index is 0.400. The number of rotatable bonds is 8. The summed E-state index contributed by atoms with van der Waals surface area (Å²) in [6.07, 6.45) is 7.37. The number of allylic oxidation sites excluding steroid dienone is 1. The van der Waals surface area contributed by atoms with Gasteiger partial charge in [-0.25, -0.2) is 0 Å². The van der Waals surface area contributed by atoms with E-state index in [1.54, 1.807) is 30.7 Å². The third kappa shape index (κ3) is 5.01. The maximum absolute atomic E-state index is 7.32. The van der Waals surface area contributed by atoms with Gasteiger partial charge in [0.2, 0.25) is 5.90 Å². The molecule has 0 amide bonds. The van der Waals surface area contributed by atoms with Crippen LogP contribution < -0.4 is 15.4 Å². The van der Waals surface area contributed by atoms with Crippen molar-refractivity contribution in [3.05, 3.63) is 57.8 Å². The molecule has 1 aliphatic heterocycles. The van der Waals surface area contributed by atoms with E-state index in [1.807, 2.05) is 25.1 Å². The fourth-order valence-electron chi connectivity index (χ4n) is 3.10. The molecule has 3 N–H and O–H groups in total. The zero-order valence-corrected chi connectivity index (χ0v) is 17.6. The topological polar surface area (TPSA) is 117 Å². The van der Waals surface area contributed by atoms with Crippen molar-refractivity contribution in [3.63, 3.8) is 0 Å². The van der Waals surface area contributed by atoms with Crippen LogP contribution in [-0.2, 0) is 11.3 Å². The fourth-order valence-corrected chi connectivity index (χ4v) is 3.75. The summed E-state index contributed by atoms with van der Waals surface area (Å²) in [7, 11) is 1.64. The second kappa shape index (κ2) is 9.04. The second-order valence-electron chi connectivity index (χ2n) is 6.96. The molecule has 0 radical (unpaired) electrons. The highest BCUT2D eigenvalue weighted by Gasteiger charge is 2.40. The molecule has 2 aromatic rings. The minimum Gasteiger partial charge on any atom is -0.495 e. The van der Waals surface area contributed by atoms with Gasteiger partial charge in [-0.15, -0.1) is 10.2 Å². The number of nitrogens with zero attached hydrogens (tertiary/aromatic N) is 4. The molecular formula is C20H23N7O2S. The Morgan fingerprint density at radius 2 is 2.27 bits per heavy atom. The first-order chi connectivity index (χ1) is 14.6. The van der Waals surface area contributed by atoms with Crippen LogP contribution in [0, 0.1) is 18.3 Å². The van der Waals surface area contributed by atoms with Crippen molar-refractivity contribution in [2.24, 2.45) is 10.9 Å². The highest BCUT2D eigenvalue weighted by Crippen LogP contribution is 2.46. The largest absolute Gasteiger partial charge is 0.495 e. The Bertz CT molecular complexity index is 997. The highest BCUT2D eigenvalue weighted by atomic mass is 32.1. The molecule has 1 aliphatic carbocycles. The van der Waals surface area contributed by atoms with Gasteiger partial charge in [0.1, 0.15) is 27.4 Å². The lowest BCUT2D eigenvalue weighted by Crippen LogP contribution is -2.30. The van der Waals surface area contributed by atoms with Gasteiger partial charge in [0.05, 0.1) is 26.5 Å². The number of ether oxygens (including phenoxy) is 2. The van der Waals surface area contributed by atoms with Crippen molar-refractivity contribution in [1.82, 2.24) is 25.8 Å². The Hall–Kier alpha value is -3.27. The molecule has 0 aromatic carbocycles. The van der Waals surface area contributed by atoms with Crippen molar-refractivity contribution in [1.29, 1.82) is 5.41 Å². The molecule has 1 fully saturated rings. The number of methoxy groups -OCH3 is 1. The number of hydrogen-bond acceptors (Lipinski definition) is 10. The molecule has 1 unspecified atom stereocenters. The number of aryl methyl sites for hydroxylation is 1. The minimum atomic E-state index is 0.400. The molecule has 4 rings (SSSR count). The van der Waals surface area contributed by atoms with Crippen LogP contribution in [0.5, 0.6) is 5.75 Å². The summed E-state index contributed by atoms with van der Waals surface area (Å²) in [6, 6.07) is 3.94. The van der Waals surface area contributed by atoms with Gasteiger partial charge in [0.25, 0.3) is 0 Å². The maximum atomic E-state index is 7.32. The second-order valence-corrected chi connectivity index (χ2v) is 8.22. The molecule has 2 aromatic heterocycles. The normalized spacial score (nSPS) is 21.3. The molecule has 10 heteroatoms. The third-order valence-corrected chi connectivity index (χ3v) is 5.58. The quantitative estimate of drug-likeness (QED) is 0.556. The van der Waals surface area contributed by atoms with E-state index in [2.05, 4.69) is 30.8 Å². The van der Waals surface area contributed by atoms with E-state index in [4.69, 9.17) is 14.9 Å². The van der Waals surface area contributed by atoms with Crippen LogP contribution in [0.2, 0.25) is 0 Å². The Morgan fingerprint density at radius 3 is 2.97 bits per heavy atom. The molecular weight excluding hydrogens is 402 g/mol.